The molecule has 0 aliphatic carbocycles. The Balaban J connectivity index is 1.70. The number of nitrogens with one attached hydrogen (secondary N) is 1. The van der Waals surface area contributed by atoms with E-state index in [9.17, 15) is 18.5 Å². The number of nitrogens with zero attached hydrogens (tertiary/aromatic N) is 4. The maximum atomic E-state index is 12.7. The van der Waals surface area contributed by atoms with Gasteiger partial charge in [0.25, 0.3) is 5.69 Å². The van der Waals surface area contributed by atoms with Crippen molar-refractivity contribution in [3.8, 4) is 0 Å². The number of anilines is 1. The first-order valence-electron chi connectivity index (χ1n) is 8.16. The van der Waals surface area contributed by atoms with Gasteiger partial charge in [0, 0.05) is 43.7 Å². The molecule has 0 spiro atoms. The Morgan fingerprint density at radius 3 is 2.50 bits per heavy atom. The average molecular weight is 377 g/mol. The number of aryl methyl sites for hydroxylation is 1. The summed E-state index contributed by atoms with van der Waals surface area (Å²) >= 11 is 0. The van der Waals surface area contributed by atoms with Crippen molar-refractivity contribution in [1.29, 1.82) is 0 Å². The number of non-ortho nitro benzene ring substituents is 1. The first kappa shape index (κ1) is 18.2. The van der Waals surface area contributed by atoms with Gasteiger partial charge in [-0.15, -0.1) is 0 Å². The van der Waals surface area contributed by atoms with Crippen molar-refractivity contribution in [3.05, 3.63) is 52.3 Å². The Labute approximate surface area is 151 Å². The molecule has 1 fully saturated rings. The van der Waals surface area contributed by atoms with E-state index in [0.29, 0.717) is 37.4 Å². The number of benzene rings is 1. The summed E-state index contributed by atoms with van der Waals surface area (Å²) in [6.45, 7) is 2.88. The van der Waals surface area contributed by atoms with Gasteiger partial charge in [-0.2, -0.15) is 0 Å². The fourth-order valence-electron chi connectivity index (χ4n) is 2.93. The lowest BCUT2D eigenvalue weighted by molar-refractivity contribution is -0.385. The van der Waals surface area contributed by atoms with E-state index >= 15 is 0 Å². The molecule has 0 radical (unpaired) electrons. The molecule has 1 aromatic carbocycles. The summed E-state index contributed by atoms with van der Waals surface area (Å²) in [4.78, 5) is 20.7. The van der Waals surface area contributed by atoms with Gasteiger partial charge in [-0.1, -0.05) is 6.07 Å². The molecule has 2 heterocycles. The van der Waals surface area contributed by atoms with Crippen LogP contribution in [0.3, 0.4) is 0 Å². The van der Waals surface area contributed by atoms with Crippen LogP contribution in [-0.2, 0) is 10.0 Å². The Bertz CT molecular complexity index is 896. The van der Waals surface area contributed by atoms with Crippen LogP contribution < -0.4 is 9.62 Å². The average Bonchev–Trinajstić information content (AvgIpc) is 2.63. The molecule has 9 nitrogen and oxygen atoms in total. The lowest BCUT2D eigenvalue weighted by Crippen LogP contribution is -2.45. The Morgan fingerprint density at radius 2 is 1.88 bits per heavy atom. The van der Waals surface area contributed by atoms with Crippen LogP contribution in [0.25, 0.3) is 0 Å². The topological polar surface area (TPSA) is 118 Å². The Morgan fingerprint density at radius 1 is 1.23 bits per heavy atom. The molecular formula is C16H19N5O4S. The predicted octanol–water partition coefficient (Wildman–Crippen LogP) is 1.64. The number of hydrogen-bond donors (Lipinski definition) is 1. The van der Waals surface area contributed by atoms with Gasteiger partial charge in [-0.3, -0.25) is 10.1 Å². The van der Waals surface area contributed by atoms with Crippen molar-refractivity contribution in [2.24, 2.45) is 0 Å². The SMILES string of the molecule is Cc1ccc([N+](=O)[O-])cc1S(=O)(=O)NC1CCN(c2ncccn2)CC1. The van der Waals surface area contributed by atoms with Gasteiger partial charge in [-0.25, -0.2) is 23.1 Å². The minimum absolute atomic E-state index is 0.0551. The largest absolute Gasteiger partial charge is 0.341 e. The molecule has 0 saturated carbocycles. The minimum Gasteiger partial charge on any atom is -0.341 e. The first-order valence-corrected chi connectivity index (χ1v) is 9.64. The number of nitro benzene ring substituents is 1. The smallest absolute Gasteiger partial charge is 0.270 e. The Kier molecular flexibility index (Phi) is 5.14. The summed E-state index contributed by atoms with van der Waals surface area (Å²) in [5, 5.41) is 10.9. The number of piperidine rings is 1. The lowest BCUT2D eigenvalue weighted by atomic mass is 10.1. The third-order valence-electron chi connectivity index (χ3n) is 4.32. The Hall–Kier alpha value is -2.59. The third-order valence-corrected chi connectivity index (χ3v) is 5.99. The monoisotopic (exact) mass is 377 g/mol. The van der Waals surface area contributed by atoms with Gasteiger partial charge in [0.05, 0.1) is 9.82 Å². The molecule has 2 aromatic rings. The van der Waals surface area contributed by atoms with E-state index in [4.69, 9.17) is 0 Å². The molecule has 3 rings (SSSR count). The maximum Gasteiger partial charge on any atom is 0.270 e. The normalized spacial score (nSPS) is 15.8. The van der Waals surface area contributed by atoms with Crippen LogP contribution in [-0.4, -0.2) is 42.4 Å². The molecular weight excluding hydrogens is 358 g/mol. The summed E-state index contributed by atoms with van der Waals surface area (Å²) in [6, 6.07) is 5.35. The molecule has 1 aliphatic heterocycles. The van der Waals surface area contributed by atoms with Crippen molar-refractivity contribution in [2.45, 2.75) is 30.7 Å². The van der Waals surface area contributed by atoms with Gasteiger partial charge < -0.3 is 4.90 Å². The molecule has 26 heavy (non-hydrogen) atoms. The highest BCUT2D eigenvalue weighted by Gasteiger charge is 2.27. The van der Waals surface area contributed by atoms with E-state index in [1.807, 2.05) is 4.90 Å². The molecule has 0 atom stereocenters. The second-order valence-corrected chi connectivity index (χ2v) is 7.82. The molecule has 1 N–H and O–H groups in total. The minimum atomic E-state index is -3.83. The zero-order chi connectivity index (χ0) is 18.7. The van der Waals surface area contributed by atoms with Crippen molar-refractivity contribution >= 4 is 21.7 Å². The summed E-state index contributed by atoms with van der Waals surface area (Å²) < 4.78 is 28.0. The van der Waals surface area contributed by atoms with Crippen molar-refractivity contribution in [2.75, 3.05) is 18.0 Å². The lowest BCUT2D eigenvalue weighted by Gasteiger charge is -2.32. The highest BCUT2D eigenvalue weighted by atomic mass is 32.2. The fraction of sp³-hybridized carbons (Fsp3) is 0.375. The molecule has 1 aliphatic rings. The van der Waals surface area contributed by atoms with E-state index in [0.717, 1.165) is 6.07 Å². The zero-order valence-corrected chi connectivity index (χ0v) is 15.0. The summed E-state index contributed by atoms with van der Waals surface area (Å²) in [5.74, 6) is 0.628. The van der Waals surface area contributed by atoms with Gasteiger partial charge in [0.2, 0.25) is 16.0 Å². The summed E-state index contributed by atoms with van der Waals surface area (Å²) in [6.07, 6.45) is 4.54. The van der Waals surface area contributed by atoms with Gasteiger partial charge in [0.15, 0.2) is 0 Å². The maximum absolute atomic E-state index is 12.7. The van der Waals surface area contributed by atoms with E-state index < -0.39 is 14.9 Å². The van der Waals surface area contributed by atoms with Crippen molar-refractivity contribution in [1.82, 2.24) is 14.7 Å². The quantitative estimate of drug-likeness (QED) is 0.621. The fourth-order valence-corrected chi connectivity index (χ4v) is 4.50. The predicted molar refractivity (Wildman–Crippen MR) is 95.4 cm³/mol. The number of aromatic nitrogens is 2. The number of rotatable bonds is 5. The van der Waals surface area contributed by atoms with E-state index in [2.05, 4.69) is 14.7 Å². The molecule has 10 heteroatoms. The third kappa shape index (κ3) is 3.97. The van der Waals surface area contributed by atoms with Crippen LogP contribution in [0.1, 0.15) is 18.4 Å². The highest BCUT2D eigenvalue weighted by molar-refractivity contribution is 7.89. The van der Waals surface area contributed by atoms with Crippen LogP contribution in [0.2, 0.25) is 0 Å². The number of nitro groups is 1. The van der Waals surface area contributed by atoms with Gasteiger partial charge in [-0.05, 0) is 31.4 Å². The van der Waals surface area contributed by atoms with Crippen LogP contribution >= 0.6 is 0 Å². The van der Waals surface area contributed by atoms with Crippen LogP contribution in [0.5, 0.6) is 0 Å². The van der Waals surface area contributed by atoms with Crippen LogP contribution in [0.15, 0.2) is 41.6 Å². The zero-order valence-electron chi connectivity index (χ0n) is 14.2. The summed E-state index contributed by atoms with van der Waals surface area (Å²) in [5.41, 5.74) is 0.227. The van der Waals surface area contributed by atoms with Gasteiger partial charge >= 0.3 is 0 Å². The molecule has 0 bridgehead atoms. The molecule has 1 aromatic heterocycles. The van der Waals surface area contributed by atoms with E-state index in [1.54, 1.807) is 25.4 Å². The molecule has 0 amide bonds. The second kappa shape index (κ2) is 7.34. The standard InChI is InChI=1S/C16H19N5O4S/c1-12-3-4-14(21(22)23)11-15(12)26(24,25)19-13-5-9-20(10-6-13)16-17-7-2-8-18-16/h2-4,7-8,11,13,19H,5-6,9-10H2,1H3. The summed E-state index contributed by atoms with van der Waals surface area (Å²) in [7, 11) is -3.83. The van der Waals surface area contributed by atoms with Crippen molar-refractivity contribution in [3.63, 3.8) is 0 Å². The van der Waals surface area contributed by atoms with Gasteiger partial charge in [0.1, 0.15) is 0 Å². The number of hydrogen-bond acceptors (Lipinski definition) is 7. The molecule has 1 saturated heterocycles. The van der Waals surface area contributed by atoms with Crippen molar-refractivity contribution < 1.29 is 13.3 Å². The van der Waals surface area contributed by atoms with Crippen LogP contribution in [0.4, 0.5) is 11.6 Å². The number of sulfonamides is 1. The second-order valence-electron chi connectivity index (χ2n) is 6.14. The first-order chi connectivity index (χ1) is 12.4. The van der Waals surface area contributed by atoms with Crippen LogP contribution in [0, 0.1) is 17.0 Å². The molecule has 0 unspecified atom stereocenters. The van der Waals surface area contributed by atoms with E-state index in [1.165, 1.54) is 12.1 Å². The highest BCUT2D eigenvalue weighted by Crippen LogP contribution is 2.23. The molecule has 138 valence electrons. The van der Waals surface area contributed by atoms with E-state index in [-0.39, 0.29) is 16.6 Å².